The summed E-state index contributed by atoms with van der Waals surface area (Å²) in [6, 6.07) is 4.53. The van der Waals surface area contributed by atoms with Gasteiger partial charge in [-0.25, -0.2) is 4.90 Å². The molecule has 2 aliphatic heterocycles. The Morgan fingerprint density at radius 1 is 1.22 bits per heavy atom. The number of hydrogen-bond acceptors (Lipinski definition) is 4. The SMILES string of the molecule is O=C1c2cccc(O)c2C(=O)N1C1CCCCO1. The lowest BCUT2D eigenvalue weighted by atomic mass is 10.1. The first-order chi connectivity index (χ1) is 8.70. The van der Waals surface area contributed by atoms with Crippen molar-refractivity contribution >= 4 is 11.8 Å². The van der Waals surface area contributed by atoms with Gasteiger partial charge in [0.2, 0.25) is 0 Å². The predicted molar refractivity (Wildman–Crippen MR) is 62.2 cm³/mol. The average molecular weight is 247 g/mol. The fraction of sp³-hybridized carbons (Fsp3) is 0.385. The Kier molecular flexibility index (Phi) is 2.56. The number of carbonyl (C=O) groups excluding carboxylic acids is 2. The number of rotatable bonds is 1. The van der Waals surface area contributed by atoms with E-state index >= 15 is 0 Å². The molecular weight excluding hydrogens is 234 g/mol. The van der Waals surface area contributed by atoms with Crippen LogP contribution in [0.25, 0.3) is 0 Å². The molecule has 5 nitrogen and oxygen atoms in total. The van der Waals surface area contributed by atoms with Gasteiger partial charge in [0, 0.05) is 6.61 Å². The van der Waals surface area contributed by atoms with Gasteiger partial charge in [0.15, 0.2) is 0 Å². The van der Waals surface area contributed by atoms with Crippen molar-refractivity contribution in [1.82, 2.24) is 4.90 Å². The quantitative estimate of drug-likeness (QED) is 0.764. The van der Waals surface area contributed by atoms with Crippen molar-refractivity contribution < 1.29 is 19.4 Å². The third-order valence-electron chi connectivity index (χ3n) is 3.37. The molecule has 5 heteroatoms. The van der Waals surface area contributed by atoms with Gasteiger partial charge in [0.05, 0.1) is 11.1 Å². The van der Waals surface area contributed by atoms with Crippen molar-refractivity contribution in [2.75, 3.05) is 6.61 Å². The van der Waals surface area contributed by atoms with Crippen molar-refractivity contribution in [3.05, 3.63) is 29.3 Å². The smallest absolute Gasteiger partial charge is 0.267 e. The van der Waals surface area contributed by atoms with E-state index in [0.29, 0.717) is 13.0 Å². The molecule has 0 bridgehead atoms. The number of nitrogens with zero attached hydrogens (tertiary/aromatic N) is 1. The molecule has 2 aliphatic rings. The number of aromatic hydroxyl groups is 1. The van der Waals surface area contributed by atoms with E-state index in [1.807, 2.05) is 0 Å². The third kappa shape index (κ3) is 1.51. The number of hydrogen-bond donors (Lipinski definition) is 1. The van der Waals surface area contributed by atoms with Crippen LogP contribution in [-0.4, -0.2) is 34.7 Å². The van der Waals surface area contributed by atoms with Gasteiger partial charge in [-0.2, -0.15) is 0 Å². The van der Waals surface area contributed by atoms with Gasteiger partial charge in [-0.1, -0.05) is 6.07 Å². The van der Waals surface area contributed by atoms with Crippen LogP contribution >= 0.6 is 0 Å². The lowest BCUT2D eigenvalue weighted by molar-refractivity contribution is -0.0568. The van der Waals surface area contributed by atoms with Crippen LogP contribution in [0.15, 0.2) is 18.2 Å². The lowest BCUT2D eigenvalue weighted by Crippen LogP contribution is -2.43. The van der Waals surface area contributed by atoms with Gasteiger partial charge in [-0.15, -0.1) is 0 Å². The Balaban J connectivity index is 1.99. The lowest BCUT2D eigenvalue weighted by Gasteiger charge is -2.29. The van der Waals surface area contributed by atoms with E-state index in [4.69, 9.17) is 4.74 Å². The first-order valence-electron chi connectivity index (χ1n) is 6.01. The standard InChI is InChI=1S/C13H13NO4/c15-9-5-3-4-8-11(9)13(17)14(12(8)16)10-6-1-2-7-18-10/h3-5,10,15H,1-2,6-7H2. The molecule has 2 amide bonds. The van der Waals surface area contributed by atoms with E-state index in [9.17, 15) is 14.7 Å². The Labute approximate surface area is 104 Å². The van der Waals surface area contributed by atoms with Crippen molar-refractivity contribution in [3.8, 4) is 5.75 Å². The minimum Gasteiger partial charge on any atom is -0.507 e. The van der Waals surface area contributed by atoms with Crippen LogP contribution in [0.4, 0.5) is 0 Å². The zero-order valence-corrected chi connectivity index (χ0v) is 9.76. The second-order valence-electron chi connectivity index (χ2n) is 4.50. The average Bonchev–Trinajstić information content (AvgIpc) is 2.64. The number of ether oxygens (including phenoxy) is 1. The van der Waals surface area contributed by atoms with E-state index in [0.717, 1.165) is 17.7 Å². The predicted octanol–water partition coefficient (Wildman–Crippen LogP) is 1.51. The van der Waals surface area contributed by atoms with Crippen molar-refractivity contribution in [2.45, 2.75) is 25.5 Å². The molecule has 1 saturated heterocycles. The van der Waals surface area contributed by atoms with Gasteiger partial charge >= 0.3 is 0 Å². The molecule has 1 aromatic rings. The Bertz CT molecular complexity index is 520. The highest BCUT2D eigenvalue weighted by Crippen LogP contribution is 2.33. The van der Waals surface area contributed by atoms with E-state index in [2.05, 4.69) is 0 Å². The van der Waals surface area contributed by atoms with Crippen LogP contribution < -0.4 is 0 Å². The Morgan fingerprint density at radius 2 is 2.06 bits per heavy atom. The number of phenols is 1. The van der Waals surface area contributed by atoms with E-state index in [1.165, 1.54) is 6.07 Å². The number of carbonyl (C=O) groups is 2. The molecule has 0 radical (unpaired) electrons. The maximum Gasteiger partial charge on any atom is 0.267 e. The van der Waals surface area contributed by atoms with Crippen LogP contribution in [0.5, 0.6) is 5.75 Å². The molecule has 0 saturated carbocycles. The summed E-state index contributed by atoms with van der Waals surface area (Å²) in [5.41, 5.74) is 0.353. The zero-order valence-electron chi connectivity index (χ0n) is 9.76. The molecule has 1 aromatic carbocycles. The molecule has 18 heavy (non-hydrogen) atoms. The molecule has 1 fully saturated rings. The minimum absolute atomic E-state index is 0.0941. The number of phenolic OH excluding ortho intramolecular Hbond substituents is 1. The second kappa shape index (κ2) is 4.10. The normalized spacial score (nSPS) is 23.3. The largest absolute Gasteiger partial charge is 0.507 e. The number of amides is 2. The molecule has 2 heterocycles. The molecule has 1 atom stereocenters. The first kappa shape index (κ1) is 11.2. The monoisotopic (exact) mass is 247 g/mol. The van der Waals surface area contributed by atoms with Crippen LogP contribution in [-0.2, 0) is 4.74 Å². The second-order valence-corrected chi connectivity index (χ2v) is 4.50. The van der Waals surface area contributed by atoms with Gasteiger partial charge in [0.1, 0.15) is 12.0 Å². The molecule has 1 unspecified atom stereocenters. The molecule has 1 N–H and O–H groups in total. The fourth-order valence-corrected chi connectivity index (χ4v) is 2.47. The number of fused-ring (bicyclic) bond motifs is 1. The molecule has 94 valence electrons. The Hall–Kier alpha value is -1.88. The Morgan fingerprint density at radius 3 is 2.72 bits per heavy atom. The summed E-state index contributed by atoms with van der Waals surface area (Å²) in [6.45, 7) is 0.560. The fourth-order valence-electron chi connectivity index (χ4n) is 2.47. The summed E-state index contributed by atoms with van der Waals surface area (Å²) < 4.78 is 5.48. The highest BCUT2D eigenvalue weighted by Gasteiger charge is 2.42. The molecule has 3 rings (SSSR count). The molecular formula is C13H13NO4. The molecule has 0 spiro atoms. The number of benzene rings is 1. The van der Waals surface area contributed by atoms with Crippen molar-refractivity contribution in [3.63, 3.8) is 0 Å². The van der Waals surface area contributed by atoms with Crippen LogP contribution in [0.1, 0.15) is 40.0 Å². The third-order valence-corrected chi connectivity index (χ3v) is 3.37. The number of imide groups is 1. The summed E-state index contributed by atoms with van der Waals surface area (Å²) in [6.07, 6.45) is 2.05. The summed E-state index contributed by atoms with van der Waals surface area (Å²) in [5.74, 6) is -0.984. The molecule has 0 aromatic heterocycles. The van der Waals surface area contributed by atoms with Crippen LogP contribution in [0.3, 0.4) is 0 Å². The van der Waals surface area contributed by atoms with Gasteiger partial charge in [0.25, 0.3) is 11.8 Å². The van der Waals surface area contributed by atoms with E-state index < -0.39 is 12.1 Å². The van der Waals surface area contributed by atoms with Gasteiger partial charge in [-0.3, -0.25) is 9.59 Å². The van der Waals surface area contributed by atoms with E-state index in [-0.39, 0.29) is 22.8 Å². The highest BCUT2D eigenvalue weighted by molar-refractivity contribution is 6.22. The van der Waals surface area contributed by atoms with Crippen LogP contribution in [0.2, 0.25) is 0 Å². The van der Waals surface area contributed by atoms with Crippen molar-refractivity contribution in [1.29, 1.82) is 0 Å². The summed E-state index contributed by atoms with van der Waals surface area (Å²) >= 11 is 0. The van der Waals surface area contributed by atoms with Crippen LogP contribution in [0, 0.1) is 0 Å². The summed E-state index contributed by atoms with van der Waals surface area (Å²) in [5, 5.41) is 9.70. The maximum absolute atomic E-state index is 12.2. The highest BCUT2D eigenvalue weighted by atomic mass is 16.5. The topological polar surface area (TPSA) is 66.8 Å². The zero-order chi connectivity index (χ0) is 12.7. The van der Waals surface area contributed by atoms with E-state index in [1.54, 1.807) is 12.1 Å². The molecule has 0 aliphatic carbocycles. The summed E-state index contributed by atoms with van der Waals surface area (Å²) in [4.78, 5) is 25.5. The first-order valence-corrected chi connectivity index (χ1v) is 6.01. The summed E-state index contributed by atoms with van der Waals surface area (Å²) in [7, 11) is 0. The van der Waals surface area contributed by atoms with Gasteiger partial charge in [-0.05, 0) is 31.4 Å². The minimum atomic E-state index is -0.495. The maximum atomic E-state index is 12.2. The van der Waals surface area contributed by atoms with Gasteiger partial charge < -0.3 is 9.84 Å². The van der Waals surface area contributed by atoms with Crippen molar-refractivity contribution in [2.24, 2.45) is 0 Å².